The highest BCUT2D eigenvalue weighted by Crippen LogP contribution is 2.38. The number of hydrogen-bond donors (Lipinski definition) is 1. The number of carboxylic acid groups (broad SMARTS) is 1. The summed E-state index contributed by atoms with van der Waals surface area (Å²) >= 11 is 8.86. The van der Waals surface area contributed by atoms with Gasteiger partial charge < -0.3 is 5.11 Å². The van der Waals surface area contributed by atoms with E-state index in [1.54, 1.807) is 23.9 Å². The second kappa shape index (κ2) is 5.99. The molecule has 1 N–H and O–H groups in total. The van der Waals surface area contributed by atoms with Crippen molar-refractivity contribution in [3.8, 4) is 11.1 Å². The molecular formula is C14H13ClO2S2. The van der Waals surface area contributed by atoms with E-state index in [1.165, 1.54) is 11.3 Å². The molecule has 0 saturated heterocycles. The molecule has 0 unspecified atom stereocenters. The van der Waals surface area contributed by atoms with Crippen molar-refractivity contribution in [3.63, 3.8) is 0 Å². The summed E-state index contributed by atoms with van der Waals surface area (Å²) in [5, 5.41) is 10.4. The van der Waals surface area contributed by atoms with Gasteiger partial charge in [-0.2, -0.15) is 0 Å². The van der Waals surface area contributed by atoms with Gasteiger partial charge in [0.05, 0.1) is 4.21 Å². The zero-order valence-corrected chi connectivity index (χ0v) is 12.9. The summed E-state index contributed by atoms with van der Waals surface area (Å²) < 4.78 is 1.03. The van der Waals surface area contributed by atoms with E-state index in [-0.39, 0.29) is 0 Å². The summed E-state index contributed by atoms with van der Waals surface area (Å²) in [6.07, 6.45) is 0. The van der Waals surface area contributed by atoms with Crippen molar-refractivity contribution in [1.29, 1.82) is 0 Å². The Balaban J connectivity index is 2.45. The number of halogens is 1. The molecule has 1 heterocycles. The van der Waals surface area contributed by atoms with Gasteiger partial charge in [-0.25, -0.2) is 4.79 Å². The van der Waals surface area contributed by atoms with Gasteiger partial charge >= 0.3 is 5.97 Å². The Morgan fingerprint density at radius 2 is 1.95 bits per heavy atom. The van der Waals surface area contributed by atoms with Crippen LogP contribution in [0.1, 0.15) is 23.5 Å². The Labute approximate surface area is 125 Å². The maximum Gasteiger partial charge on any atom is 0.346 e. The first-order valence-corrected chi connectivity index (χ1v) is 7.84. The largest absolute Gasteiger partial charge is 0.477 e. The Kier molecular flexibility index (Phi) is 4.55. The van der Waals surface area contributed by atoms with E-state index < -0.39 is 5.97 Å². The van der Waals surface area contributed by atoms with E-state index in [0.29, 0.717) is 15.1 Å². The minimum absolute atomic E-state index is 0.380. The molecule has 2 aromatic rings. The molecule has 2 rings (SSSR count). The maximum absolute atomic E-state index is 11.3. The fourth-order valence-electron chi connectivity index (χ4n) is 1.66. The Hall–Kier alpha value is -0.970. The fourth-order valence-corrected chi connectivity index (χ4v) is 4.21. The predicted molar refractivity (Wildman–Crippen MR) is 82.7 cm³/mol. The first kappa shape index (κ1) is 14.4. The van der Waals surface area contributed by atoms with Gasteiger partial charge in [0.15, 0.2) is 0 Å². The van der Waals surface area contributed by atoms with E-state index in [9.17, 15) is 9.90 Å². The van der Waals surface area contributed by atoms with Crippen LogP contribution in [0, 0.1) is 0 Å². The number of carbonyl (C=O) groups is 1. The Morgan fingerprint density at radius 1 is 1.32 bits per heavy atom. The number of hydrogen-bond acceptors (Lipinski definition) is 3. The van der Waals surface area contributed by atoms with Crippen LogP contribution in [0.5, 0.6) is 0 Å². The van der Waals surface area contributed by atoms with Crippen molar-refractivity contribution in [2.45, 2.75) is 23.3 Å². The summed E-state index contributed by atoms with van der Waals surface area (Å²) in [4.78, 5) is 11.7. The molecule has 2 nitrogen and oxygen atoms in total. The lowest BCUT2D eigenvalue weighted by Gasteiger charge is -2.00. The molecule has 0 radical (unpaired) electrons. The van der Waals surface area contributed by atoms with E-state index in [2.05, 4.69) is 13.8 Å². The first-order chi connectivity index (χ1) is 8.97. The molecule has 0 spiro atoms. The number of benzene rings is 1. The topological polar surface area (TPSA) is 37.3 Å². The van der Waals surface area contributed by atoms with Gasteiger partial charge in [0, 0.05) is 15.8 Å². The van der Waals surface area contributed by atoms with Crippen LogP contribution in [0.15, 0.2) is 34.5 Å². The summed E-state index contributed by atoms with van der Waals surface area (Å²) in [5.74, 6) is -0.884. The molecule has 1 aromatic carbocycles. The van der Waals surface area contributed by atoms with Gasteiger partial charge in [-0.1, -0.05) is 37.6 Å². The third-order valence-corrected chi connectivity index (χ3v) is 4.94. The van der Waals surface area contributed by atoms with Gasteiger partial charge in [-0.05, 0) is 23.8 Å². The van der Waals surface area contributed by atoms with Crippen LogP contribution < -0.4 is 0 Å². The van der Waals surface area contributed by atoms with Gasteiger partial charge in [0.2, 0.25) is 0 Å². The number of carboxylic acids is 1. The Morgan fingerprint density at radius 3 is 2.47 bits per heavy atom. The lowest BCUT2D eigenvalue weighted by Crippen LogP contribution is -1.94. The number of thioether (sulfide) groups is 1. The fraction of sp³-hybridized carbons (Fsp3) is 0.214. The van der Waals surface area contributed by atoms with E-state index >= 15 is 0 Å². The second-order valence-corrected chi connectivity index (χ2v) is 7.65. The van der Waals surface area contributed by atoms with Crippen LogP contribution in [-0.2, 0) is 0 Å². The van der Waals surface area contributed by atoms with Crippen molar-refractivity contribution in [2.75, 3.05) is 0 Å². The molecule has 0 aliphatic rings. The average Bonchev–Trinajstić information content (AvgIpc) is 2.73. The van der Waals surface area contributed by atoms with Crippen molar-refractivity contribution in [2.24, 2.45) is 0 Å². The molecule has 5 heteroatoms. The molecule has 0 aliphatic carbocycles. The van der Waals surface area contributed by atoms with Crippen LogP contribution in [0.3, 0.4) is 0 Å². The van der Waals surface area contributed by atoms with E-state index in [0.717, 1.165) is 15.3 Å². The van der Waals surface area contributed by atoms with Gasteiger partial charge in [0.1, 0.15) is 4.88 Å². The van der Waals surface area contributed by atoms with Gasteiger partial charge in [-0.15, -0.1) is 23.1 Å². The predicted octanol–water partition coefficient (Wildman–Crippen LogP) is 5.27. The molecule has 1 aromatic heterocycles. The van der Waals surface area contributed by atoms with Crippen LogP contribution >= 0.6 is 34.7 Å². The van der Waals surface area contributed by atoms with Crippen LogP contribution in [0.2, 0.25) is 5.02 Å². The van der Waals surface area contributed by atoms with Crippen molar-refractivity contribution < 1.29 is 9.90 Å². The molecule has 19 heavy (non-hydrogen) atoms. The molecular weight excluding hydrogens is 300 g/mol. The quantitative estimate of drug-likeness (QED) is 0.782. The second-order valence-electron chi connectivity index (χ2n) is 4.29. The molecule has 0 bridgehead atoms. The summed E-state index contributed by atoms with van der Waals surface area (Å²) in [5.41, 5.74) is 1.64. The van der Waals surface area contributed by atoms with Gasteiger partial charge in [0.25, 0.3) is 0 Å². The third-order valence-electron chi connectivity index (χ3n) is 2.41. The lowest BCUT2D eigenvalue weighted by molar-refractivity contribution is 0.0703. The summed E-state index contributed by atoms with van der Waals surface area (Å²) in [6.45, 7) is 4.18. The highest BCUT2D eigenvalue weighted by atomic mass is 35.5. The van der Waals surface area contributed by atoms with Crippen molar-refractivity contribution >= 4 is 40.7 Å². The molecule has 100 valence electrons. The van der Waals surface area contributed by atoms with Crippen LogP contribution in [0.25, 0.3) is 11.1 Å². The minimum Gasteiger partial charge on any atom is -0.477 e. The number of rotatable bonds is 4. The number of aromatic carboxylic acids is 1. The van der Waals surface area contributed by atoms with Crippen LogP contribution in [-0.4, -0.2) is 16.3 Å². The first-order valence-electron chi connectivity index (χ1n) is 5.77. The average molecular weight is 313 g/mol. The standard InChI is InChI=1S/C14H13ClO2S2/c1-8(2)18-12-7-11(13(19-12)14(16)17)9-3-5-10(15)6-4-9/h3-8H,1-2H3,(H,16,17). The monoisotopic (exact) mass is 312 g/mol. The highest BCUT2D eigenvalue weighted by Gasteiger charge is 2.17. The summed E-state index contributed by atoms with van der Waals surface area (Å²) in [6, 6.07) is 9.19. The molecule has 0 atom stereocenters. The number of thiophene rings is 1. The normalized spacial score (nSPS) is 10.9. The van der Waals surface area contributed by atoms with Gasteiger partial charge in [-0.3, -0.25) is 0 Å². The summed E-state index contributed by atoms with van der Waals surface area (Å²) in [7, 11) is 0. The van der Waals surface area contributed by atoms with E-state index in [4.69, 9.17) is 11.6 Å². The Bertz CT molecular complexity index is 588. The van der Waals surface area contributed by atoms with Crippen LogP contribution in [0.4, 0.5) is 0 Å². The van der Waals surface area contributed by atoms with Crippen molar-refractivity contribution in [3.05, 3.63) is 40.2 Å². The van der Waals surface area contributed by atoms with Crippen molar-refractivity contribution in [1.82, 2.24) is 0 Å². The maximum atomic E-state index is 11.3. The third kappa shape index (κ3) is 3.53. The molecule has 0 fully saturated rings. The van der Waals surface area contributed by atoms with E-state index in [1.807, 2.05) is 18.2 Å². The molecule has 0 saturated carbocycles. The molecule has 0 amide bonds. The smallest absolute Gasteiger partial charge is 0.346 e. The minimum atomic E-state index is -0.884. The highest BCUT2D eigenvalue weighted by molar-refractivity contribution is 8.01. The SMILES string of the molecule is CC(C)Sc1cc(-c2ccc(Cl)cc2)c(C(=O)O)s1. The lowest BCUT2D eigenvalue weighted by atomic mass is 10.1. The zero-order chi connectivity index (χ0) is 14.0. The molecule has 0 aliphatic heterocycles. The zero-order valence-electron chi connectivity index (χ0n) is 10.5.